The molecule has 1 rings (SSSR count). The molecule has 0 saturated heterocycles. The molecule has 0 fully saturated rings. The summed E-state index contributed by atoms with van der Waals surface area (Å²) in [7, 11) is 5.43. The lowest BCUT2D eigenvalue weighted by atomic mass is 10.4. The van der Waals surface area contributed by atoms with Crippen molar-refractivity contribution in [3.63, 3.8) is 0 Å². The molecular weight excluding hydrogens is 258 g/mol. The Balaban J connectivity index is 2.77. The van der Waals surface area contributed by atoms with Gasteiger partial charge in [-0.05, 0) is 13.8 Å². The third kappa shape index (κ3) is 4.22. The summed E-state index contributed by atoms with van der Waals surface area (Å²) in [6.07, 6.45) is 0. The van der Waals surface area contributed by atoms with Crippen molar-refractivity contribution in [2.45, 2.75) is 13.8 Å². The maximum absolute atomic E-state index is 11.9. The van der Waals surface area contributed by atoms with Crippen LogP contribution in [0.4, 0.5) is 17.8 Å². The summed E-state index contributed by atoms with van der Waals surface area (Å²) in [5.41, 5.74) is 0. The SMILES string of the molecule is CCN(CC)C(=O)CNc1nc(NC)nc(N(C)C)n1. The van der Waals surface area contributed by atoms with Crippen molar-refractivity contribution in [1.29, 1.82) is 0 Å². The van der Waals surface area contributed by atoms with E-state index in [4.69, 9.17) is 0 Å². The number of hydrogen-bond donors (Lipinski definition) is 2. The lowest BCUT2D eigenvalue weighted by Gasteiger charge is -2.19. The van der Waals surface area contributed by atoms with Gasteiger partial charge in [0.25, 0.3) is 0 Å². The fourth-order valence-corrected chi connectivity index (χ4v) is 1.60. The zero-order chi connectivity index (χ0) is 15.1. The Morgan fingerprint density at radius 3 is 2.20 bits per heavy atom. The van der Waals surface area contributed by atoms with Gasteiger partial charge in [0.2, 0.25) is 23.8 Å². The number of amides is 1. The van der Waals surface area contributed by atoms with E-state index in [1.165, 1.54) is 0 Å². The minimum atomic E-state index is 0.0211. The van der Waals surface area contributed by atoms with E-state index in [0.717, 1.165) is 0 Å². The number of likely N-dealkylation sites (N-methyl/N-ethyl adjacent to an activating group) is 1. The largest absolute Gasteiger partial charge is 0.357 e. The highest BCUT2D eigenvalue weighted by Crippen LogP contribution is 2.10. The maximum atomic E-state index is 11.9. The van der Waals surface area contributed by atoms with E-state index in [2.05, 4.69) is 25.6 Å². The number of carbonyl (C=O) groups is 1. The number of rotatable bonds is 7. The minimum Gasteiger partial charge on any atom is -0.357 e. The summed E-state index contributed by atoms with van der Waals surface area (Å²) in [6.45, 7) is 5.46. The summed E-state index contributed by atoms with van der Waals surface area (Å²) in [4.78, 5) is 28.1. The van der Waals surface area contributed by atoms with Gasteiger partial charge in [-0.3, -0.25) is 4.79 Å². The Morgan fingerprint density at radius 2 is 1.70 bits per heavy atom. The predicted octanol–water partition coefficient (Wildman–Crippen LogP) is 0.260. The first-order valence-corrected chi connectivity index (χ1v) is 6.64. The van der Waals surface area contributed by atoms with Gasteiger partial charge in [-0.15, -0.1) is 0 Å². The summed E-state index contributed by atoms with van der Waals surface area (Å²) in [5, 5.41) is 5.81. The van der Waals surface area contributed by atoms with Gasteiger partial charge < -0.3 is 20.4 Å². The van der Waals surface area contributed by atoms with E-state index in [-0.39, 0.29) is 12.5 Å². The third-order valence-corrected chi connectivity index (χ3v) is 2.76. The molecule has 0 atom stereocenters. The minimum absolute atomic E-state index is 0.0211. The van der Waals surface area contributed by atoms with Crippen LogP contribution in [-0.4, -0.2) is 66.5 Å². The molecule has 1 amide bonds. The lowest BCUT2D eigenvalue weighted by Crippen LogP contribution is -2.35. The zero-order valence-corrected chi connectivity index (χ0v) is 12.8. The molecule has 2 N–H and O–H groups in total. The predicted molar refractivity (Wildman–Crippen MR) is 80.1 cm³/mol. The van der Waals surface area contributed by atoms with E-state index in [1.807, 2.05) is 27.9 Å². The molecule has 1 aromatic heterocycles. The van der Waals surface area contributed by atoms with Crippen molar-refractivity contribution in [1.82, 2.24) is 19.9 Å². The van der Waals surface area contributed by atoms with Gasteiger partial charge in [-0.25, -0.2) is 0 Å². The molecule has 0 aliphatic heterocycles. The summed E-state index contributed by atoms with van der Waals surface area (Å²) >= 11 is 0. The molecule has 1 heterocycles. The average molecular weight is 281 g/mol. The second kappa shape index (κ2) is 7.46. The Hall–Kier alpha value is -2.12. The van der Waals surface area contributed by atoms with Crippen molar-refractivity contribution in [2.24, 2.45) is 0 Å². The smallest absolute Gasteiger partial charge is 0.241 e. The Morgan fingerprint density at radius 1 is 1.10 bits per heavy atom. The first kappa shape index (κ1) is 15.9. The number of anilines is 3. The molecule has 0 unspecified atom stereocenters. The van der Waals surface area contributed by atoms with Crippen molar-refractivity contribution >= 4 is 23.8 Å². The van der Waals surface area contributed by atoms with Crippen LogP contribution in [-0.2, 0) is 4.79 Å². The van der Waals surface area contributed by atoms with E-state index in [1.54, 1.807) is 16.8 Å². The Kier molecular flexibility index (Phi) is 5.95. The van der Waals surface area contributed by atoms with Crippen LogP contribution in [0.5, 0.6) is 0 Å². The van der Waals surface area contributed by atoms with E-state index in [0.29, 0.717) is 30.9 Å². The molecule has 0 radical (unpaired) electrons. The molecule has 0 aliphatic rings. The molecule has 0 spiro atoms. The van der Waals surface area contributed by atoms with Crippen LogP contribution >= 0.6 is 0 Å². The van der Waals surface area contributed by atoms with E-state index < -0.39 is 0 Å². The van der Waals surface area contributed by atoms with Crippen molar-refractivity contribution in [3.05, 3.63) is 0 Å². The van der Waals surface area contributed by atoms with Crippen molar-refractivity contribution < 1.29 is 4.79 Å². The van der Waals surface area contributed by atoms with Gasteiger partial charge in [0.1, 0.15) is 0 Å². The molecule has 0 bridgehead atoms. The highest BCUT2D eigenvalue weighted by atomic mass is 16.2. The topological polar surface area (TPSA) is 86.3 Å². The van der Waals surface area contributed by atoms with E-state index >= 15 is 0 Å². The number of hydrogen-bond acceptors (Lipinski definition) is 7. The quantitative estimate of drug-likeness (QED) is 0.741. The number of nitrogens with one attached hydrogen (secondary N) is 2. The van der Waals surface area contributed by atoms with Crippen LogP contribution < -0.4 is 15.5 Å². The first-order valence-electron chi connectivity index (χ1n) is 6.64. The van der Waals surface area contributed by atoms with Crippen molar-refractivity contribution in [2.75, 3.05) is 56.3 Å². The fraction of sp³-hybridized carbons (Fsp3) is 0.667. The van der Waals surface area contributed by atoms with Gasteiger partial charge in [0, 0.05) is 34.2 Å². The van der Waals surface area contributed by atoms with Crippen LogP contribution in [0.25, 0.3) is 0 Å². The summed E-state index contributed by atoms with van der Waals surface area (Å²) in [5.74, 6) is 1.39. The molecule has 1 aromatic rings. The maximum Gasteiger partial charge on any atom is 0.241 e. The molecule has 112 valence electrons. The third-order valence-electron chi connectivity index (χ3n) is 2.76. The van der Waals surface area contributed by atoms with Crippen LogP contribution in [0.3, 0.4) is 0 Å². The second-order valence-electron chi connectivity index (χ2n) is 4.35. The average Bonchev–Trinajstić information content (AvgIpc) is 2.45. The van der Waals surface area contributed by atoms with E-state index in [9.17, 15) is 4.79 Å². The number of carbonyl (C=O) groups excluding carboxylic acids is 1. The highest BCUT2D eigenvalue weighted by Gasteiger charge is 2.11. The summed E-state index contributed by atoms with van der Waals surface area (Å²) < 4.78 is 0. The highest BCUT2D eigenvalue weighted by molar-refractivity contribution is 5.80. The van der Waals surface area contributed by atoms with Crippen LogP contribution in [0.15, 0.2) is 0 Å². The second-order valence-corrected chi connectivity index (χ2v) is 4.35. The van der Waals surface area contributed by atoms with Gasteiger partial charge >= 0.3 is 0 Å². The monoisotopic (exact) mass is 281 g/mol. The summed E-state index contributed by atoms with van der Waals surface area (Å²) in [6, 6.07) is 0. The molecule has 8 nitrogen and oxygen atoms in total. The standard InChI is InChI=1S/C12H23N7O/c1-6-19(7-2)9(20)8-14-11-15-10(13-3)16-12(17-11)18(4)5/h6-8H2,1-5H3,(H2,13,14,15,16,17). The number of aromatic nitrogens is 3. The molecule has 20 heavy (non-hydrogen) atoms. The molecule has 0 aromatic carbocycles. The van der Waals surface area contributed by atoms with Crippen LogP contribution in [0, 0.1) is 0 Å². The van der Waals surface area contributed by atoms with Gasteiger partial charge in [0.05, 0.1) is 6.54 Å². The van der Waals surface area contributed by atoms with Gasteiger partial charge in [-0.1, -0.05) is 0 Å². The molecule has 0 saturated carbocycles. The number of nitrogens with zero attached hydrogens (tertiary/aromatic N) is 5. The molecular formula is C12H23N7O. The lowest BCUT2D eigenvalue weighted by molar-refractivity contribution is -0.128. The molecule has 0 aliphatic carbocycles. The Bertz CT molecular complexity index is 445. The van der Waals surface area contributed by atoms with Gasteiger partial charge in [-0.2, -0.15) is 15.0 Å². The van der Waals surface area contributed by atoms with Crippen LogP contribution in [0.2, 0.25) is 0 Å². The normalized spacial score (nSPS) is 10.1. The first-order chi connectivity index (χ1) is 9.51. The van der Waals surface area contributed by atoms with Gasteiger partial charge in [0.15, 0.2) is 0 Å². The van der Waals surface area contributed by atoms with Crippen LogP contribution in [0.1, 0.15) is 13.8 Å². The molecule has 8 heteroatoms. The Labute approximate surface area is 119 Å². The zero-order valence-electron chi connectivity index (χ0n) is 12.8. The van der Waals surface area contributed by atoms with Crippen molar-refractivity contribution in [3.8, 4) is 0 Å². The fourth-order valence-electron chi connectivity index (χ4n) is 1.60.